The summed E-state index contributed by atoms with van der Waals surface area (Å²) < 4.78 is 0. The maximum atomic E-state index is 5.50. The van der Waals surface area contributed by atoms with Crippen LogP contribution in [0.4, 0.5) is 0 Å². The standard InChI is InChI=1S/C20H14N4.C5H4ClN/c1-2-14-10-16-5-6-18(23-16)12-20-8-7-19(24-20)11-17-4-3-15(22-17)9-13(1)21-14;6-5-1-3-7-4-2-5/h1-12,21,24H;1-4H. The van der Waals surface area contributed by atoms with E-state index in [-0.39, 0.29) is 0 Å². The smallest absolute Gasteiger partial charge is 0.0658 e. The van der Waals surface area contributed by atoms with E-state index in [1.54, 1.807) is 24.5 Å². The average molecular weight is 424 g/mol. The van der Waals surface area contributed by atoms with Gasteiger partial charge >= 0.3 is 0 Å². The molecular formula is C25H18ClN5. The van der Waals surface area contributed by atoms with E-state index in [0.29, 0.717) is 0 Å². The van der Waals surface area contributed by atoms with Gasteiger partial charge in [-0.3, -0.25) is 4.98 Å². The molecule has 31 heavy (non-hydrogen) atoms. The lowest BCUT2D eigenvalue weighted by Gasteiger charge is -1.85. The second-order valence-electron chi connectivity index (χ2n) is 7.07. The van der Waals surface area contributed by atoms with Crippen molar-refractivity contribution in [3.63, 3.8) is 0 Å². The highest BCUT2D eigenvalue weighted by Gasteiger charge is 2.01. The Morgan fingerprint density at radius 2 is 0.871 bits per heavy atom. The fraction of sp³-hybridized carbons (Fsp3) is 0. The van der Waals surface area contributed by atoms with Crippen LogP contribution in [0.1, 0.15) is 22.8 Å². The van der Waals surface area contributed by atoms with Gasteiger partial charge in [0.2, 0.25) is 0 Å². The van der Waals surface area contributed by atoms with Gasteiger partial charge in [0.1, 0.15) is 0 Å². The zero-order valence-electron chi connectivity index (χ0n) is 16.5. The molecular weight excluding hydrogens is 406 g/mol. The first kappa shape index (κ1) is 19.0. The van der Waals surface area contributed by atoms with Crippen LogP contribution in [0.5, 0.6) is 0 Å². The van der Waals surface area contributed by atoms with Crippen LogP contribution in [0.25, 0.3) is 46.4 Å². The SMILES string of the molecule is C1=Cc2cc3ccc(cc4nc(cc5ccc(cc1n2)[nH]5)C=C4)[nH]3.Clc1ccncc1. The Morgan fingerprint density at radius 3 is 1.16 bits per heavy atom. The lowest BCUT2D eigenvalue weighted by molar-refractivity contribution is 1.31. The van der Waals surface area contributed by atoms with Gasteiger partial charge in [0.15, 0.2) is 0 Å². The summed E-state index contributed by atoms with van der Waals surface area (Å²) in [5.41, 5.74) is 7.86. The molecule has 4 aromatic heterocycles. The number of aromatic amines is 2. The summed E-state index contributed by atoms with van der Waals surface area (Å²) in [6.45, 7) is 0. The van der Waals surface area contributed by atoms with E-state index >= 15 is 0 Å². The lowest BCUT2D eigenvalue weighted by atomic mass is 10.3. The Labute approximate surface area is 183 Å². The number of pyridine rings is 1. The van der Waals surface area contributed by atoms with Crippen molar-refractivity contribution in [3.8, 4) is 0 Å². The van der Waals surface area contributed by atoms with Crippen molar-refractivity contribution in [1.29, 1.82) is 0 Å². The lowest BCUT2D eigenvalue weighted by Crippen LogP contribution is -1.75. The third-order valence-corrected chi connectivity index (χ3v) is 4.93. The van der Waals surface area contributed by atoms with E-state index in [1.165, 1.54) is 0 Å². The fourth-order valence-electron chi connectivity index (χ4n) is 3.28. The van der Waals surface area contributed by atoms with Gasteiger partial charge < -0.3 is 9.97 Å². The van der Waals surface area contributed by atoms with Gasteiger partial charge in [0.25, 0.3) is 0 Å². The molecule has 0 radical (unpaired) electrons. The van der Waals surface area contributed by atoms with Crippen LogP contribution in [0.15, 0.2) is 73.1 Å². The molecule has 150 valence electrons. The molecule has 5 nitrogen and oxygen atoms in total. The van der Waals surface area contributed by atoms with Crippen molar-refractivity contribution in [2.24, 2.45) is 0 Å². The summed E-state index contributed by atoms with van der Waals surface area (Å²) in [5.74, 6) is 0. The maximum Gasteiger partial charge on any atom is 0.0658 e. The van der Waals surface area contributed by atoms with Crippen LogP contribution in [-0.4, -0.2) is 24.9 Å². The largest absolute Gasteiger partial charge is 0.355 e. The third-order valence-electron chi connectivity index (χ3n) is 4.68. The number of nitrogens with zero attached hydrogens (tertiary/aromatic N) is 3. The van der Waals surface area contributed by atoms with Gasteiger partial charge in [-0.2, -0.15) is 0 Å². The van der Waals surface area contributed by atoms with E-state index in [2.05, 4.69) is 49.2 Å². The predicted octanol–water partition coefficient (Wildman–Crippen LogP) is 6.39. The zero-order chi connectivity index (χ0) is 21.0. The molecule has 6 heteroatoms. The van der Waals surface area contributed by atoms with Crippen LogP contribution in [0.2, 0.25) is 5.02 Å². The molecule has 0 spiro atoms. The molecule has 2 aliphatic heterocycles. The summed E-state index contributed by atoms with van der Waals surface area (Å²) in [6, 6.07) is 19.8. The van der Waals surface area contributed by atoms with Gasteiger partial charge in [-0.25, -0.2) is 9.97 Å². The number of hydrogen-bond acceptors (Lipinski definition) is 3. The summed E-state index contributed by atoms with van der Waals surface area (Å²) >= 11 is 5.50. The first-order valence-electron chi connectivity index (χ1n) is 9.80. The maximum absolute atomic E-state index is 5.50. The Hall–Kier alpha value is -3.96. The van der Waals surface area contributed by atoms with E-state index in [1.807, 2.05) is 48.6 Å². The highest BCUT2D eigenvalue weighted by Crippen LogP contribution is 2.16. The first-order valence-corrected chi connectivity index (χ1v) is 10.2. The second-order valence-corrected chi connectivity index (χ2v) is 7.51. The molecule has 6 heterocycles. The fourth-order valence-corrected chi connectivity index (χ4v) is 3.39. The Morgan fingerprint density at radius 1 is 0.516 bits per heavy atom. The Bertz CT molecular complexity index is 1270. The molecule has 0 fully saturated rings. The molecule has 4 aromatic rings. The van der Waals surface area contributed by atoms with Crippen molar-refractivity contribution < 1.29 is 0 Å². The normalized spacial score (nSPS) is 11.8. The van der Waals surface area contributed by atoms with E-state index in [9.17, 15) is 0 Å². The van der Waals surface area contributed by atoms with Gasteiger partial charge in [-0.05, 0) is 85.0 Å². The quantitative estimate of drug-likeness (QED) is 0.297. The molecule has 2 aliphatic rings. The van der Waals surface area contributed by atoms with Crippen molar-refractivity contribution in [2.45, 2.75) is 0 Å². The van der Waals surface area contributed by atoms with Crippen molar-refractivity contribution >= 4 is 58.0 Å². The van der Waals surface area contributed by atoms with Crippen molar-refractivity contribution in [1.82, 2.24) is 24.9 Å². The van der Waals surface area contributed by atoms with Crippen LogP contribution < -0.4 is 0 Å². The molecule has 8 bridgehead atoms. The monoisotopic (exact) mass is 423 g/mol. The van der Waals surface area contributed by atoms with Gasteiger partial charge in [-0.15, -0.1) is 0 Å². The van der Waals surface area contributed by atoms with Gasteiger partial charge in [0.05, 0.1) is 22.8 Å². The number of hydrogen-bond donors (Lipinski definition) is 2. The Balaban J connectivity index is 0.000000250. The molecule has 0 unspecified atom stereocenters. The van der Waals surface area contributed by atoms with Crippen LogP contribution >= 0.6 is 11.6 Å². The molecule has 2 N–H and O–H groups in total. The molecule has 6 rings (SSSR count). The number of aromatic nitrogens is 5. The minimum atomic E-state index is 0.731. The number of halogens is 1. The first-order chi connectivity index (χ1) is 15.2. The molecule has 0 aromatic carbocycles. The molecule has 0 saturated carbocycles. The van der Waals surface area contributed by atoms with E-state index < -0.39 is 0 Å². The topological polar surface area (TPSA) is 70.2 Å². The highest BCUT2D eigenvalue weighted by molar-refractivity contribution is 6.30. The van der Waals surface area contributed by atoms with E-state index in [0.717, 1.165) is 49.9 Å². The van der Waals surface area contributed by atoms with Crippen molar-refractivity contribution in [2.75, 3.05) is 0 Å². The summed E-state index contributed by atoms with van der Waals surface area (Å²) in [5, 5.41) is 0.731. The molecule has 0 amide bonds. The van der Waals surface area contributed by atoms with Crippen LogP contribution in [-0.2, 0) is 0 Å². The van der Waals surface area contributed by atoms with Crippen LogP contribution in [0.3, 0.4) is 0 Å². The van der Waals surface area contributed by atoms with Crippen LogP contribution in [0, 0.1) is 0 Å². The van der Waals surface area contributed by atoms with Gasteiger partial charge in [-0.1, -0.05) is 11.6 Å². The van der Waals surface area contributed by atoms with Gasteiger partial charge in [0, 0.05) is 39.5 Å². The minimum Gasteiger partial charge on any atom is -0.355 e. The third kappa shape index (κ3) is 4.79. The summed E-state index contributed by atoms with van der Waals surface area (Å²) in [6.07, 6.45) is 11.4. The summed E-state index contributed by atoms with van der Waals surface area (Å²) in [7, 11) is 0. The predicted molar refractivity (Wildman–Crippen MR) is 128 cm³/mol. The number of nitrogens with one attached hydrogen (secondary N) is 2. The number of fused-ring (bicyclic) bond motifs is 8. The van der Waals surface area contributed by atoms with Crippen molar-refractivity contribution in [3.05, 3.63) is 101 Å². The zero-order valence-corrected chi connectivity index (χ0v) is 17.2. The second kappa shape index (κ2) is 8.42. The van der Waals surface area contributed by atoms with E-state index in [4.69, 9.17) is 11.6 Å². The number of rotatable bonds is 0. The highest BCUT2D eigenvalue weighted by atomic mass is 35.5. The summed E-state index contributed by atoms with van der Waals surface area (Å²) in [4.78, 5) is 19.8. The average Bonchev–Trinajstić information content (AvgIpc) is 3.55. The Kier molecular flexibility index (Phi) is 5.17. The molecule has 0 saturated heterocycles. The molecule has 0 atom stereocenters. The molecule has 0 aliphatic carbocycles. The number of H-pyrrole nitrogens is 2. The minimum absolute atomic E-state index is 0.731.